The Morgan fingerprint density at radius 3 is 2.59 bits per heavy atom. The Labute approximate surface area is 153 Å². The smallest absolute Gasteiger partial charge is 0.369 e. The van der Waals surface area contributed by atoms with Crippen LogP contribution in [0.15, 0.2) is 36.5 Å². The predicted octanol–water partition coefficient (Wildman–Crippen LogP) is 2.84. The van der Waals surface area contributed by atoms with E-state index >= 15 is 0 Å². The number of nitrogens with two attached hydrogens (primary N) is 1. The summed E-state index contributed by atoms with van der Waals surface area (Å²) in [7, 11) is 1.70. The molecule has 27 heavy (non-hydrogen) atoms. The van der Waals surface area contributed by atoms with E-state index in [4.69, 9.17) is 5.73 Å². The number of fused-ring (bicyclic) bond motifs is 1. The fourth-order valence-corrected chi connectivity index (χ4v) is 2.58. The first-order chi connectivity index (χ1) is 12.8. The molecule has 3 aromatic rings. The molecule has 0 saturated carbocycles. The lowest BCUT2D eigenvalue weighted by molar-refractivity contribution is -0.131. The van der Waals surface area contributed by atoms with Gasteiger partial charge in [-0.3, -0.25) is 4.68 Å². The van der Waals surface area contributed by atoms with Gasteiger partial charge in [-0.15, -0.1) is 0 Å². The highest BCUT2D eigenvalue weighted by molar-refractivity contribution is 5.87. The van der Waals surface area contributed by atoms with Gasteiger partial charge in [0.25, 0.3) is 0 Å². The SMILES string of the molecule is Cn1ncc2c(NCCC(F)(F)F)nc(NCC(N)c3ccccc3)nc21. The number of nitrogens with one attached hydrogen (secondary N) is 2. The zero-order chi connectivity index (χ0) is 19.4. The minimum atomic E-state index is -4.24. The molecule has 2 heterocycles. The quantitative estimate of drug-likeness (QED) is 0.585. The van der Waals surface area contributed by atoms with Crippen LogP contribution >= 0.6 is 0 Å². The van der Waals surface area contributed by atoms with Gasteiger partial charge in [-0.1, -0.05) is 30.3 Å². The molecule has 144 valence electrons. The van der Waals surface area contributed by atoms with Crippen LogP contribution < -0.4 is 16.4 Å². The van der Waals surface area contributed by atoms with Crippen LogP contribution in [0.5, 0.6) is 0 Å². The Morgan fingerprint density at radius 1 is 1.15 bits per heavy atom. The van der Waals surface area contributed by atoms with E-state index in [-0.39, 0.29) is 18.5 Å². The minimum absolute atomic E-state index is 0.270. The number of aromatic nitrogens is 4. The second kappa shape index (κ2) is 7.78. The predicted molar refractivity (Wildman–Crippen MR) is 97.3 cm³/mol. The van der Waals surface area contributed by atoms with Crippen molar-refractivity contribution in [3.8, 4) is 0 Å². The maximum absolute atomic E-state index is 12.4. The van der Waals surface area contributed by atoms with E-state index in [0.717, 1.165) is 5.56 Å². The lowest BCUT2D eigenvalue weighted by Gasteiger charge is -2.14. The Kier molecular flexibility index (Phi) is 5.45. The number of benzene rings is 1. The molecule has 0 aliphatic rings. The lowest BCUT2D eigenvalue weighted by Crippen LogP contribution is -2.22. The summed E-state index contributed by atoms with van der Waals surface area (Å²) in [5, 5.41) is 10.4. The third-order valence-corrected chi connectivity index (χ3v) is 4.00. The van der Waals surface area contributed by atoms with Crippen LogP contribution in [-0.4, -0.2) is 39.0 Å². The first-order valence-corrected chi connectivity index (χ1v) is 8.38. The second-order valence-electron chi connectivity index (χ2n) is 6.09. The maximum Gasteiger partial charge on any atom is 0.390 e. The average Bonchev–Trinajstić information content (AvgIpc) is 3.00. The van der Waals surface area contributed by atoms with Crippen molar-refractivity contribution in [1.29, 1.82) is 0 Å². The van der Waals surface area contributed by atoms with Gasteiger partial charge in [0.1, 0.15) is 5.82 Å². The molecular formula is C17H20F3N7. The molecule has 2 aromatic heterocycles. The first-order valence-electron chi connectivity index (χ1n) is 8.38. The van der Waals surface area contributed by atoms with E-state index in [0.29, 0.717) is 23.4 Å². The van der Waals surface area contributed by atoms with Crippen LogP contribution in [0.4, 0.5) is 24.9 Å². The van der Waals surface area contributed by atoms with E-state index in [2.05, 4.69) is 25.7 Å². The van der Waals surface area contributed by atoms with E-state index in [9.17, 15) is 13.2 Å². The fraction of sp³-hybridized carbons (Fsp3) is 0.353. The van der Waals surface area contributed by atoms with Gasteiger partial charge in [0, 0.05) is 26.2 Å². The first kappa shape index (κ1) is 18.9. The van der Waals surface area contributed by atoms with Crippen molar-refractivity contribution < 1.29 is 13.2 Å². The van der Waals surface area contributed by atoms with Gasteiger partial charge >= 0.3 is 6.18 Å². The molecule has 0 aliphatic carbocycles. The molecule has 0 fully saturated rings. The van der Waals surface area contributed by atoms with Gasteiger partial charge in [0.2, 0.25) is 5.95 Å². The van der Waals surface area contributed by atoms with Gasteiger partial charge in [0.05, 0.1) is 18.0 Å². The number of halogens is 3. The Hall–Kier alpha value is -2.88. The van der Waals surface area contributed by atoms with Gasteiger partial charge in [-0.2, -0.15) is 28.2 Å². The molecule has 0 saturated heterocycles. The van der Waals surface area contributed by atoms with Crippen molar-refractivity contribution in [3.63, 3.8) is 0 Å². The summed E-state index contributed by atoms with van der Waals surface area (Å²) >= 11 is 0. The summed E-state index contributed by atoms with van der Waals surface area (Å²) in [6.07, 6.45) is -3.68. The fourth-order valence-electron chi connectivity index (χ4n) is 2.58. The largest absolute Gasteiger partial charge is 0.390 e. The minimum Gasteiger partial charge on any atom is -0.369 e. The van der Waals surface area contributed by atoms with Crippen molar-refractivity contribution in [1.82, 2.24) is 19.7 Å². The molecule has 0 spiro atoms. The number of alkyl halides is 3. The van der Waals surface area contributed by atoms with Crippen LogP contribution in [0.25, 0.3) is 11.0 Å². The number of hydrogen-bond donors (Lipinski definition) is 3. The average molecular weight is 379 g/mol. The Balaban J connectivity index is 1.76. The van der Waals surface area contributed by atoms with Gasteiger partial charge in [0.15, 0.2) is 5.65 Å². The number of aryl methyl sites for hydroxylation is 1. The van der Waals surface area contributed by atoms with Crippen molar-refractivity contribution in [2.45, 2.75) is 18.6 Å². The van der Waals surface area contributed by atoms with Crippen LogP contribution in [0.3, 0.4) is 0 Å². The number of rotatable bonds is 7. The molecular weight excluding hydrogens is 359 g/mol. The van der Waals surface area contributed by atoms with Crippen LogP contribution in [0.2, 0.25) is 0 Å². The van der Waals surface area contributed by atoms with Crippen molar-refractivity contribution in [3.05, 3.63) is 42.1 Å². The normalized spacial score (nSPS) is 12.9. The molecule has 7 nitrogen and oxygen atoms in total. The summed E-state index contributed by atoms with van der Waals surface area (Å²) in [6, 6.07) is 9.26. The van der Waals surface area contributed by atoms with Crippen LogP contribution in [0, 0.1) is 0 Å². The molecule has 1 unspecified atom stereocenters. The van der Waals surface area contributed by atoms with Crippen molar-refractivity contribution in [2.24, 2.45) is 12.8 Å². The molecule has 0 amide bonds. The third kappa shape index (κ3) is 4.85. The topological polar surface area (TPSA) is 93.7 Å². The highest BCUT2D eigenvalue weighted by atomic mass is 19.4. The summed E-state index contributed by atoms with van der Waals surface area (Å²) in [5.41, 5.74) is 7.62. The summed E-state index contributed by atoms with van der Waals surface area (Å²) < 4.78 is 38.8. The van der Waals surface area contributed by atoms with Gasteiger partial charge < -0.3 is 16.4 Å². The standard InChI is InChI=1S/C17H20F3N7/c1-27-15-12(9-24-27)14(22-8-7-17(18,19)20)25-16(26-15)23-10-13(21)11-5-3-2-4-6-11/h2-6,9,13H,7-8,10,21H2,1H3,(H2,22,23,25,26). The Bertz CT molecular complexity index is 893. The number of anilines is 2. The van der Waals surface area contributed by atoms with Crippen molar-refractivity contribution >= 4 is 22.8 Å². The van der Waals surface area contributed by atoms with Crippen LogP contribution in [-0.2, 0) is 7.05 Å². The van der Waals surface area contributed by atoms with Gasteiger partial charge in [-0.05, 0) is 5.56 Å². The molecule has 0 bridgehead atoms. The molecule has 0 aliphatic heterocycles. The van der Waals surface area contributed by atoms with Crippen molar-refractivity contribution in [2.75, 3.05) is 23.7 Å². The molecule has 1 atom stereocenters. The Morgan fingerprint density at radius 2 is 1.89 bits per heavy atom. The lowest BCUT2D eigenvalue weighted by atomic mass is 10.1. The molecule has 10 heteroatoms. The molecule has 1 aromatic carbocycles. The molecule has 3 rings (SSSR count). The summed E-state index contributed by atoms with van der Waals surface area (Å²) in [4.78, 5) is 8.67. The van der Waals surface area contributed by atoms with E-state index in [1.54, 1.807) is 7.05 Å². The number of hydrogen-bond acceptors (Lipinski definition) is 6. The van der Waals surface area contributed by atoms with Gasteiger partial charge in [-0.25, -0.2) is 0 Å². The number of nitrogens with zero attached hydrogens (tertiary/aromatic N) is 4. The molecule has 0 radical (unpaired) electrons. The second-order valence-corrected chi connectivity index (χ2v) is 6.09. The van der Waals surface area contributed by atoms with E-state index < -0.39 is 12.6 Å². The highest BCUT2D eigenvalue weighted by Crippen LogP contribution is 2.24. The monoisotopic (exact) mass is 379 g/mol. The highest BCUT2D eigenvalue weighted by Gasteiger charge is 2.26. The molecule has 4 N–H and O–H groups in total. The third-order valence-electron chi connectivity index (χ3n) is 4.00. The summed E-state index contributed by atoms with van der Waals surface area (Å²) in [5.74, 6) is 0.570. The zero-order valence-corrected chi connectivity index (χ0v) is 14.7. The van der Waals surface area contributed by atoms with E-state index in [1.807, 2.05) is 30.3 Å². The van der Waals surface area contributed by atoms with Crippen LogP contribution in [0.1, 0.15) is 18.0 Å². The van der Waals surface area contributed by atoms with E-state index in [1.165, 1.54) is 10.9 Å². The zero-order valence-electron chi connectivity index (χ0n) is 14.7. The maximum atomic E-state index is 12.4. The summed E-state index contributed by atoms with van der Waals surface area (Å²) in [6.45, 7) is 0.0862.